The van der Waals surface area contributed by atoms with Gasteiger partial charge in [-0.3, -0.25) is 24.1 Å². The summed E-state index contributed by atoms with van der Waals surface area (Å²) in [7, 11) is 0. The second kappa shape index (κ2) is 12.0. The van der Waals surface area contributed by atoms with Gasteiger partial charge in [0.05, 0.1) is 29.2 Å². The first-order valence-corrected chi connectivity index (χ1v) is 18.0. The zero-order valence-corrected chi connectivity index (χ0v) is 28.4. The van der Waals surface area contributed by atoms with E-state index < -0.39 is 0 Å². The van der Waals surface area contributed by atoms with Crippen LogP contribution in [0, 0.1) is 43.4 Å². The molecule has 8 rings (SSSR count). The number of fused-ring (bicyclic) bond motifs is 9. The fourth-order valence-electron chi connectivity index (χ4n) is 8.42. The molecule has 0 spiro atoms. The molecule has 4 aliphatic rings. The average Bonchev–Trinajstić information content (AvgIpc) is 3.81. The predicted molar refractivity (Wildman–Crippen MR) is 185 cm³/mol. The number of anilines is 2. The van der Waals surface area contributed by atoms with Crippen LogP contribution in [0.4, 0.5) is 11.4 Å². The molecular formula is C37H35N3O6S2. The lowest BCUT2D eigenvalue weighted by Crippen LogP contribution is -2.42. The van der Waals surface area contributed by atoms with E-state index in [1.54, 1.807) is 11.8 Å². The van der Waals surface area contributed by atoms with Gasteiger partial charge in [-0.2, -0.15) is 0 Å². The summed E-state index contributed by atoms with van der Waals surface area (Å²) in [5.74, 6) is -0.371. The van der Waals surface area contributed by atoms with E-state index in [2.05, 4.69) is 10.3 Å². The van der Waals surface area contributed by atoms with Gasteiger partial charge in [-0.25, -0.2) is 0 Å². The largest absolute Gasteiger partial charge is 0.490 e. The Labute approximate surface area is 286 Å². The molecule has 2 bridgehead atoms. The number of hydrogen-bond donors (Lipinski definition) is 2. The number of aryl methyl sites for hydroxylation is 2. The van der Waals surface area contributed by atoms with E-state index in [0.717, 1.165) is 33.0 Å². The van der Waals surface area contributed by atoms with Crippen molar-refractivity contribution in [2.24, 2.45) is 29.6 Å². The van der Waals surface area contributed by atoms with E-state index in [-0.39, 0.29) is 70.0 Å². The third-order valence-electron chi connectivity index (χ3n) is 10.3. The van der Waals surface area contributed by atoms with E-state index >= 15 is 0 Å². The van der Waals surface area contributed by atoms with Crippen molar-refractivity contribution in [2.75, 3.05) is 23.4 Å². The number of hydrogen-bond acceptors (Lipinski definition) is 8. The van der Waals surface area contributed by atoms with Crippen LogP contribution >= 0.6 is 23.1 Å². The molecule has 3 heterocycles. The number of benzene rings is 3. The quantitative estimate of drug-likeness (QED) is 0.214. The number of amides is 3. The summed E-state index contributed by atoms with van der Waals surface area (Å²) in [6, 6.07) is 20.9. The summed E-state index contributed by atoms with van der Waals surface area (Å²) in [5, 5.41) is 3.78. The van der Waals surface area contributed by atoms with E-state index in [1.165, 1.54) is 16.2 Å². The fourth-order valence-corrected chi connectivity index (χ4v) is 11.3. The summed E-state index contributed by atoms with van der Waals surface area (Å²) < 4.78 is 12.0. The van der Waals surface area contributed by atoms with E-state index in [4.69, 9.17) is 9.47 Å². The first-order chi connectivity index (χ1) is 23.2. The highest BCUT2D eigenvalue weighted by Gasteiger charge is 2.69. The highest BCUT2D eigenvalue weighted by Crippen LogP contribution is 2.68. The minimum Gasteiger partial charge on any atom is -0.490 e. The van der Waals surface area contributed by atoms with Crippen LogP contribution in [0.25, 0.3) is 0 Å². The molecule has 11 heteroatoms. The molecule has 3 amide bonds. The Hall–Kier alpha value is -4.35. The van der Waals surface area contributed by atoms with Gasteiger partial charge >= 0.3 is 4.87 Å². The second-order valence-corrected chi connectivity index (χ2v) is 15.4. The molecular weight excluding hydrogens is 647 g/mol. The molecule has 48 heavy (non-hydrogen) atoms. The maximum Gasteiger partial charge on any atom is 0.305 e. The van der Waals surface area contributed by atoms with Gasteiger partial charge in [0.15, 0.2) is 18.1 Å². The molecule has 2 aliphatic heterocycles. The number of thioether (sulfide) groups is 1. The zero-order valence-electron chi connectivity index (χ0n) is 26.7. The van der Waals surface area contributed by atoms with E-state index in [0.29, 0.717) is 29.5 Å². The Kier molecular flexibility index (Phi) is 7.71. The van der Waals surface area contributed by atoms with Crippen LogP contribution in [0.1, 0.15) is 40.8 Å². The highest BCUT2D eigenvalue weighted by molar-refractivity contribution is 8.00. The summed E-state index contributed by atoms with van der Waals surface area (Å²) in [6.07, 6.45) is 0.808. The maximum atomic E-state index is 14.1. The van der Waals surface area contributed by atoms with Crippen molar-refractivity contribution in [1.29, 1.82) is 0 Å². The summed E-state index contributed by atoms with van der Waals surface area (Å²) in [4.78, 5) is 58.7. The van der Waals surface area contributed by atoms with Crippen molar-refractivity contribution < 1.29 is 23.9 Å². The maximum absolute atomic E-state index is 14.1. The first-order valence-electron chi connectivity index (χ1n) is 16.3. The van der Waals surface area contributed by atoms with E-state index in [9.17, 15) is 19.2 Å². The third kappa shape index (κ3) is 5.06. The van der Waals surface area contributed by atoms with Crippen molar-refractivity contribution >= 4 is 52.2 Å². The number of carbonyl (C=O) groups is 3. The minimum atomic E-state index is -0.383. The molecule has 1 aromatic heterocycles. The molecule has 0 unspecified atom stereocenters. The van der Waals surface area contributed by atoms with Crippen LogP contribution < -0.4 is 24.6 Å². The van der Waals surface area contributed by atoms with Crippen molar-refractivity contribution in [3.63, 3.8) is 0 Å². The van der Waals surface area contributed by atoms with Gasteiger partial charge in [0.2, 0.25) is 11.8 Å². The smallest absolute Gasteiger partial charge is 0.305 e. The van der Waals surface area contributed by atoms with Crippen LogP contribution in [0.5, 0.6) is 11.5 Å². The number of nitrogens with zero attached hydrogens (tertiary/aromatic N) is 1. The monoisotopic (exact) mass is 681 g/mol. The molecule has 7 atom stereocenters. The number of aromatic nitrogens is 1. The van der Waals surface area contributed by atoms with Crippen LogP contribution in [-0.4, -0.2) is 41.2 Å². The third-order valence-corrected chi connectivity index (χ3v) is 12.9. The van der Waals surface area contributed by atoms with Gasteiger partial charge in [-0.1, -0.05) is 52.8 Å². The number of thiazole rings is 1. The number of H-pyrrole nitrogens is 1. The topological polar surface area (TPSA) is 118 Å². The summed E-state index contributed by atoms with van der Waals surface area (Å²) in [5.41, 5.74) is 4.45. The number of imide groups is 1. The van der Waals surface area contributed by atoms with Crippen LogP contribution in [0.2, 0.25) is 0 Å². The highest BCUT2D eigenvalue weighted by atomic mass is 32.2. The molecule has 2 saturated carbocycles. The average molecular weight is 682 g/mol. The van der Waals surface area contributed by atoms with E-state index in [1.807, 2.05) is 87.5 Å². The minimum absolute atomic E-state index is 0.00306. The Balaban J connectivity index is 1.10. The molecule has 1 saturated heterocycles. The Morgan fingerprint density at radius 2 is 1.58 bits per heavy atom. The van der Waals surface area contributed by atoms with Crippen LogP contribution in [-0.2, 0) is 14.4 Å². The lowest BCUT2D eigenvalue weighted by atomic mass is 9.68. The number of ether oxygens (including phenoxy) is 2. The van der Waals surface area contributed by atoms with Crippen molar-refractivity contribution in [3.05, 3.63) is 98.0 Å². The van der Waals surface area contributed by atoms with Gasteiger partial charge in [-0.05, 0) is 86.9 Å². The normalized spacial score (nSPS) is 26.6. The zero-order chi connectivity index (χ0) is 33.3. The molecule has 2 aliphatic carbocycles. The van der Waals surface area contributed by atoms with Crippen molar-refractivity contribution in [2.45, 2.75) is 43.4 Å². The van der Waals surface area contributed by atoms with Gasteiger partial charge in [0.1, 0.15) is 0 Å². The number of carbonyl (C=O) groups excluding carboxylic acids is 3. The van der Waals surface area contributed by atoms with Crippen LogP contribution in [0.15, 0.2) is 76.6 Å². The molecule has 3 fully saturated rings. The van der Waals surface area contributed by atoms with Gasteiger partial charge < -0.3 is 19.8 Å². The fraction of sp³-hybridized carbons (Fsp3) is 0.351. The molecule has 246 valence electrons. The Bertz CT molecular complexity index is 1990. The molecule has 9 nitrogen and oxygen atoms in total. The van der Waals surface area contributed by atoms with Gasteiger partial charge in [-0.15, -0.1) is 11.8 Å². The predicted octanol–water partition coefficient (Wildman–Crippen LogP) is 6.15. The SMILES string of the molecule is CCOc1cc([C@@H]2c3sc(=O)[nH]c3S[C@@H]3[C@@H]4C[C@@H]([C@@H]5C(=O)N(c6ccc(C)cc6)C(=O)[C@@H]45)[C@H]23)ccc1OCC(=O)Nc1ccc(C)cc1. The number of rotatable bonds is 8. The Morgan fingerprint density at radius 3 is 2.29 bits per heavy atom. The van der Waals surface area contributed by atoms with Crippen molar-refractivity contribution in [1.82, 2.24) is 4.98 Å². The Morgan fingerprint density at radius 1 is 0.896 bits per heavy atom. The van der Waals surface area contributed by atoms with Gasteiger partial charge in [0, 0.05) is 21.7 Å². The van der Waals surface area contributed by atoms with Crippen molar-refractivity contribution in [3.8, 4) is 11.5 Å². The molecule has 4 aromatic rings. The summed E-state index contributed by atoms with van der Waals surface area (Å²) in [6.45, 7) is 6.06. The first kappa shape index (κ1) is 31.0. The number of aromatic amines is 1. The van der Waals surface area contributed by atoms with Crippen LogP contribution in [0.3, 0.4) is 0 Å². The second-order valence-electron chi connectivity index (χ2n) is 13.1. The van der Waals surface area contributed by atoms with Gasteiger partial charge in [0.25, 0.3) is 5.91 Å². The molecule has 3 aromatic carbocycles. The lowest BCUT2D eigenvalue weighted by molar-refractivity contribution is -0.123. The summed E-state index contributed by atoms with van der Waals surface area (Å²) >= 11 is 2.88. The lowest BCUT2D eigenvalue weighted by Gasteiger charge is -2.43. The standard InChI is InChI=1S/C37H35N3O6S2/c1-4-45-26-15-20(9-14-25(26)46-17-27(41)38-21-10-5-18(2)6-11-21)28-29-23-16-24(32(29)47-34-33(28)48-37(44)39-34)31-30(23)35(42)40(36(31)43)22-12-7-19(3)8-13-22/h5-15,23-24,28-32H,4,16-17H2,1-3H3,(H,38,41)(H,39,44)/t23-,24-,28+,29-,30+,31+,32-/m1/s1. The molecule has 2 N–H and O–H groups in total. The molecule has 0 radical (unpaired) electrons. The number of nitrogens with one attached hydrogen (secondary N) is 2.